The van der Waals surface area contributed by atoms with Crippen molar-refractivity contribution >= 4 is 0 Å². The zero-order chi connectivity index (χ0) is 96.1. The lowest BCUT2D eigenvalue weighted by Crippen LogP contribution is -2.69. The predicted octanol–water partition coefficient (Wildman–Crippen LogP) is -26.1. The van der Waals surface area contributed by atoms with E-state index in [2.05, 4.69) is 0 Å². The maximum absolute atomic E-state index is 11.2. The van der Waals surface area contributed by atoms with Crippen LogP contribution in [0.15, 0.2) is 0 Å². The summed E-state index contributed by atoms with van der Waals surface area (Å²) in [5, 5.41) is 391. The summed E-state index contributed by atoms with van der Waals surface area (Å²) in [6, 6.07) is 0. The van der Waals surface area contributed by atoms with E-state index >= 15 is 0 Å². The molecule has 0 aromatic rings. The fraction of sp³-hybridized carbons (Fsp3) is 1.00. The Morgan fingerprint density at radius 1 is 0.0909 bits per heavy atom. The SMILES string of the molecule is OC[C@H]1OC2OC3[C@@H](CO)OC(O[C@H]4[C@H](O)[C@@H](O)C(O[C@H]5[C@H](O)[C@@H](O)C(O[C@H]6[C@H](O)[C@@H](O)C(O[C@H]7[C@H](O)[C@@H](O)C(OC1[C@H](O)[C@H]2O)O[C@@H]7CO)O[C@@H]6CO)O[C@@H]5CO)O[C@@H]4CO)[C@H](O)[C@H]3O.OC[C@H]1OC2OC3[C@@H](CO)OC(O[C@H]4[C@H](O)[C@@H](O)C(O[C@H]5[C@H](O)[C@@H](O)C(O[C@H]6[C@H](O)[C@@H](O)C(O[C@H]7[C@H](O)[C@@H](O)C(OC1[C@H](O)[C@H]2O)O[C@@H]7CO)O[C@@H]6CO)O[C@@H]5CO)O[C@@H]4CO)[C@H](O)[C@H]3O. The van der Waals surface area contributed by atoms with Crippen molar-refractivity contribution in [1.29, 1.82) is 0 Å². The van der Waals surface area contributed by atoms with Crippen molar-refractivity contribution in [2.45, 2.75) is 368 Å². The molecule has 60 heteroatoms. The molecule has 36 N–H and O–H groups in total. The van der Waals surface area contributed by atoms with E-state index in [-0.39, 0.29) is 0 Å². The molecule has 44 rings (SSSR count). The molecule has 0 saturated carbocycles. The summed E-state index contributed by atoms with van der Waals surface area (Å²) in [5.41, 5.74) is 0. The van der Waals surface area contributed by atoms with Crippen LogP contribution in [-0.2, 0) is 114 Å². The third kappa shape index (κ3) is 21.3. The van der Waals surface area contributed by atoms with Crippen molar-refractivity contribution in [3.05, 3.63) is 0 Å². The van der Waals surface area contributed by atoms with Crippen molar-refractivity contribution in [3.63, 3.8) is 0 Å². The maximum Gasteiger partial charge on any atom is 0.187 e. The molecule has 44 saturated heterocycles. The molecule has 44 heterocycles. The highest BCUT2D eigenvalue weighted by Crippen LogP contribution is 2.43. The normalized spacial score (nSPS) is 55.4. The van der Waals surface area contributed by atoms with Crippen molar-refractivity contribution in [2.24, 2.45) is 0 Å². The molecule has 0 aromatic carbocycles. The van der Waals surface area contributed by atoms with Gasteiger partial charge in [0.05, 0.1) is 79.3 Å². The van der Waals surface area contributed by atoms with E-state index in [1.54, 1.807) is 0 Å². The summed E-state index contributed by atoms with van der Waals surface area (Å²) in [6.45, 7) is -12.0. The van der Waals surface area contributed by atoms with Crippen LogP contribution in [0.2, 0.25) is 0 Å². The van der Waals surface area contributed by atoms with Crippen LogP contribution in [0.4, 0.5) is 0 Å². The summed E-state index contributed by atoms with van der Waals surface area (Å²) >= 11 is 0. The first kappa shape index (κ1) is 107. The number of aliphatic hydroxyl groups excluding tert-OH is 36. The largest absolute Gasteiger partial charge is 0.394 e. The van der Waals surface area contributed by atoms with Gasteiger partial charge < -0.3 is 298 Å². The second kappa shape index (κ2) is 45.9. The lowest BCUT2D eigenvalue weighted by atomic mass is 9.94. The van der Waals surface area contributed by atoms with Crippen LogP contribution < -0.4 is 0 Å². The third-order valence-corrected chi connectivity index (χ3v) is 25.3. The van der Waals surface area contributed by atoms with E-state index in [1.807, 2.05) is 0 Å². The van der Waals surface area contributed by atoms with Gasteiger partial charge in [-0.05, 0) is 0 Å². The van der Waals surface area contributed by atoms with Crippen LogP contribution in [0.25, 0.3) is 0 Å². The van der Waals surface area contributed by atoms with E-state index in [0.717, 1.165) is 0 Å². The molecule has 16 unspecified atom stereocenters. The summed E-state index contributed by atoms with van der Waals surface area (Å²) in [5.74, 6) is 0. The minimum absolute atomic E-state index is 0.999. The topological polar surface area (TPSA) is 950 Å². The Kier molecular flexibility index (Phi) is 37.2. The van der Waals surface area contributed by atoms with Gasteiger partial charge in [0.2, 0.25) is 0 Å². The standard InChI is InChI=1S/2C36H60O30/c2*37-1-7-25-13(43)19(49)31(55-7)62-26-8(2-38)57-33(21(51)15(26)45)64-28-10(4-40)59-35(23(53)17(28)47)66-30-12(6-42)60-36(24(54)18(30)48)65-29-11(5-41)58-34(22(52)16(29)46)63-27-9(3-39)56-32(61-25)20(50)14(27)44/h2*7-54H,1-6H2/t2*7-,8-,9-,10-,11-,12-,13-,14-,15-,16-,17-,18-,19-,20-,21-,22-,23-,24-,25-,26-,27-,28-,29?,30?,31?,32?,33?,34?,35?,36?/m11/s1. The molecule has 60 atom stereocenters. The summed E-state index contributed by atoms with van der Waals surface area (Å²) in [6.07, 6.45) is -117. The highest BCUT2D eigenvalue weighted by atomic mass is 16.8. The Morgan fingerprint density at radius 2 is 0.152 bits per heavy atom. The highest BCUT2D eigenvalue weighted by molar-refractivity contribution is 5.06. The maximum atomic E-state index is 11.2. The summed E-state index contributed by atoms with van der Waals surface area (Å²) < 4.78 is 136. The monoisotopic (exact) mass is 1940 g/mol. The van der Waals surface area contributed by atoms with E-state index in [0.29, 0.717) is 0 Å². The van der Waals surface area contributed by atoms with E-state index < -0.39 is 448 Å². The number of hydrogen-bond donors (Lipinski definition) is 36. The van der Waals surface area contributed by atoms with Crippen molar-refractivity contribution < 1.29 is 298 Å². The Balaban J connectivity index is 0.000000224. The Hall–Kier alpha value is -2.40. The molecular formula is C72H120O60. The van der Waals surface area contributed by atoms with Crippen LogP contribution in [0.1, 0.15) is 0 Å². The molecule has 44 aliphatic rings. The molecule has 44 fully saturated rings. The second-order valence-electron chi connectivity index (χ2n) is 33.7. The van der Waals surface area contributed by atoms with Crippen LogP contribution in [0, 0.1) is 0 Å². The average Bonchev–Trinajstić information content (AvgIpc) is 0.762. The molecule has 0 radical (unpaired) electrons. The fourth-order valence-electron chi connectivity index (χ4n) is 17.9. The first-order valence-corrected chi connectivity index (χ1v) is 42.2. The average molecular weight is 1950 g/mol. The number of rotatable bonds is 12. The molecule has 24 bridgehead atoms. The van der Waals surface area contributed by atoms with Crippen LogP contribution in [-0.4, -0.2) is 632 Å². The zero-order valence-electron chi connectivity index (χ0n) is 69.0. The van der Waals surface area contributed by atoms with E-state index in [1.165, 1.54) is 0 Å². The van der Waals surface area contributed by atoms with Gasteiger partial charge in [-0.2, -0.15) is 0 Å². The third-order valence-electron chi connectivity index (χ3n) is 25.3. The second-order valence-corrected chi connectivity index (χ2v) is 33.7. The Bertz CT molecular complexity index is 2680. The summed E-state index contributed by atoms with van der Waals surface area (Å²) in [7, 11) is 0. The van der Waals surface area contributed by atoms with Crippen LogP contribution >= 0.6 is 0 Å². The lowest BCUT2D eigenvalue weighted by molar-refractivity contribution is -0.404. The fourth-order valence-corrected chi connectivity index (χ4v) is 17.9. The first-order valence-electron chi connectivity index (χ1n) is 42.2. The van der Waals surface area contributed by atoms with Crippen LogP contribution in [0.3, 0.4) is 0 Å². The first-order chi connectivity index (χ1) is 62.8. The molecular weight excluding hydrogens is 1820 g/mol. The van der Waals surface area contributed by atoms with Gasteiger partial charge in [-0.25, -0.2) is 0 Å². The molecule has 0 aromatic heterocycles. The van der Waals surface area contributed by atoms with Gasteiger partial charge in [-0.15, -0.1) is 0 Å². The van der Waals surface area contributed by atoms with Gasteiger partial charge in [0.25, 0.3) is 0 Å². The van der Waals surface area contributed by atoms with Crippen LogP contribution in [0.5, 0.6) is 0 Å². The van der Waals surface area contributed by atoms with Gasteiger partial charge in [0.1, 0.15) is 293 Å². The van der Waals surface area contributed by atoms with Gasteiger partial charge in [0.15, 0.2) is 75.5 Å². The van der Waals surface area contributed by atoms with Gasteiger partial charge in [-0.3, -0.25) is 0 Å². The minimum atomic E-state index is -2.15. The van der Waals surface area contributed by atoms with E-state index in [9.17, 15) is 184 Å². The molecule has 0 amide bonds. The number of hydrogen-bond acceptors (Lipinski definition) is 60. The lowest BCUT2D eigenvalue weighted by Gasteiger charge is -2.50. The van der Waals surface area contributed by atoms with Gasteiger partial charge in [0, 0.05) is 0 Å². The number of aliphatic hydroxyl groups is 36. The quantitative estimate of drug-likeness (QED) is 0.0863. The molecule has 0 spiro atoms. The Morgan fingerprint density at radius 3 is 0.205 bits per heavy atom. The van der Waals surface area contributed by atoms with Gasteiger partial charge >= 0.3 is 0 Å². The molecule has 60 nitrogen and oxygen atoms in total. The predicted molar refractivity (Wildman–Crippen MR) is 392 cm³/mol. The minimum Gasteiger partial charge on any atom is -0.394 e. The Labute approximate surface area is 743 Å². The highest BCUT2D eigenvalue weighted by Gasteiger charge is 2.64. The van der Waals surface area contributed by atoms with Crippen molar-refractivity contribution in [2.75, 3.05) is 79.3 Å². The summed E-state index contributed by atoms with van der Waals surface area (Å²) in [4.78, 5) is 0. The molecule has 768 valence electrons. The molecule has 44 aliphatic heterocycles. The smallest absolute Gasteiger partial charge is 0.187 e. The van der Waals surface area contributed by atoms with E-state index in [4.69, 9.17) is 114 Å². The van der Waals surface area contributed by atoms with Crippen molar-refractivity contribution in [1.82, 2.24) is 0 Å². The molecule has 132 heavy (non-hydrogen) atoms. The van der Waals surface area contributed by atoms with Gasteiger partial charge in [-0.1, -0.05) is 0 Å². The zero-order valence-corrected chi connectivity index (χ0v) is 69.0. The molecule has 0 aliphatic carbocycles. The van der Waals surface area contributed by atoms with Crippen molar-refractivity contribution in [3.8, 4) is 0 Å². The number of ether oxygens (including phenoxy) is 24.